The number of nitrogens with one attached hydrogen (secondary N) is 1. The zero-order chi connectivity index (χ0) is 12.6. The van der Waals surface area contributed by atoms with Gasteiger partial charge in [0.15, 0.2) is 0 Å². The number of fused-ring (bicyclic) bond motifs is 1. The number of halogens is 3. The topological polar surface area (TPSA) is 67.2 Å². The lowest BCUT2D eigenvalue weighted by molar-refractivity contribution is 0.0767. The number of nitrogens with zero attached hydrogens (tertiary/aromatic N) is 2. The summed E-state index contributed by atoms with van der Waals surface area (Å²) < 4.78 is 26.7. The third kappa shape index (κ3) is 2.07. The van der Waals surface area contributed by atoms with Gasteiger partial charge in [0.2, 0.25) is 5.95 Å². The Hall–Kier alpha value is -1.70. The Morgan fingerprint density at radius 3 is 2.82 bits per heavy atom. The van der Waals surface area contributed by atoms with Gasteiger partial charge in [0.1, 0.15) is 0 Å². The number of alkyl halides is 2. The van der Waals surface area contributed by atoms with Crippen molar-refractivity contribution >= 4 is 39.0 Å². The summed E-state index contributed by atoms with van der Waals surface area (Å²) in [5.41, 5.74) is 0.426. The van der Waals surface area contributed by atoms with E-state index in [1.807, 2.05) is 5.32 Å². The minimum Gasteiger partial charge on any atom is -0.465 e. The van der Waals surface area contributed by atoms with Crippen molar-refractivity contribution in [3.63, 3.8) is 0 Å². The minimum absolute atomic E-state index is 0.145. The number of anilines is 1. The second-order valence-corrected chi connectivity index (χ2v) is 3.98. The second-order valence-electron chi connectivity index (χ2n) is 3.12. The molecule has 0 bridgehead atoms. The van der Waals surface area contributed by atoms with E-state index in [9.17, 15) is 13.6 Å². The number of rotatable bonds is 2. The molecule has 17 heavy (non-hydrogen) atoms. The highest BCUT2D eigenvalue weighted by molar-refractivity contribution is 9.10. The van der Waals surface area contributed by atoms with E-state index in [-0.39, 0.29) is 11.0 Å². The first-order valence-electron chi connectivity index (χ1n) is 4.45. The molecule has 2 aromatic rings. The summed E-state index contributed by atoms with van der Waals surface area (Å²) in [6.45, 7) is -2.89. The van der Waals surface area contributed by atoms with Gasteiger partial charge >= 0.3 is 12.6 Å². The van der Waals surface area contributed by atoms with Gasteiger partial charge in [0.25, 0.3) is 0 Å². The number of carboxylic acid groups (broad SMARTS) is 1. The Kier molecular flexibility index (Phi) is 2.97. The molecule has 0 atom stereocenters. The number of amides is 1. The maximum Gasteiger partial charge on any atom is 0.411 e. The summed E-state index contributed by atoms with van der Waals surface area (Å²) in [4.78, 5) is 14.3. The summed E-state index contributed by atoms with van der Waals surface area (Å²) in [5, 5.41) is 10.4. The highest BCUT2D eigenvalue weighted by Gasteiger charge is 2.20. The Labute approximate surface area is 102 Å². The average molecular weight is 306 g/mol. The molecule has 1 heterocycles. The number of hydrogen-bond donors (Lipinski definition) is 2. The van der Waals surface area contributed by atoms with E-state index in [2.05, 4.69) is 20.9 Å². The molecule has 0 saturated carbocycles. The summed E-state index contributed by atoms with van der Waals surface area (Å²) in [6.07, 6.45) is -1.45. The highest BCUT2D eigenvalue weighted by Crippen LogP contribution is 2.31. The zero-order valence-corrected chi connectivity index (χ0v) is 9.78. The molecule has 0 aliphatic heterocycles. The van der Waals surface area contributed by atoms with Crippen LogP contribution in [0.25, 0.3) is 11.0 Å². The lowest BCUT2D eigenvalue weighted by Gasteiger charge is -2.07. The minimum atomic E-state index is -2.89. The lowest BCUT2D eigenvalue weighted by atomic mass is 10.3. The lowest BCUT2D eigenvalue weighted by Crippen LogP contribution is -2.13. The van der Waals surface area contributed by atoms with Gasteiger partial charge in [-0.1, -0.05) is 6.07 Å². The van der Waals surface area contributed by atoms with Crippen LogP contribution in [0.4, 0.5) is 19.5 Å². The summed E-state index contributed by atoms with van der Waals surface area (Å²) in [6, 6.07) is 4.72. The quantitative estimate of drug-likeness (QED) is 0.894. The maximum absolute atomic E-state index is 12.9. The smallest absolute Gasteiger partial charge is 0.411 e. The van der Waals surface area contributed by atoms with Crippen molar-refractivity contribution in [2.24, 2.45) is 0 Å². The Morgan fingerprint density at radius 1 is 1.53 bits per heavy atom. The van der Waals surface area contributed by atoms with Crippen LogP contribution in [0.3, 0.4) is 0 Å². The molecule has 1 aromatic heterocycles. The predicted molar refractivity (Wildman–Crippen MR) is 60.3 cm³/mol. The van der Waals surface area contributed by atoms with Gasteiger partial charge in [0, 0.05) is 4.47 Å². The molecule has 2 rings (SSSR count). The van der Waals surface area contributed by atoms with E-state index in [0.29, 0.717) is 9.04 Å². The molecule has 90 valence electrons. The van der Waals surface area contributed by atoms with Crippen molar-refractivity contribution in [3.8, 4) is 0 Å². The fourth-order valence-electron chi connectivity index (χ4n) is 1.48. The van der Waals surface area contributed by atoms with Crippen LogP contribution in [0.2, 0.25) is 0 Å². The van der Waals surface area contributed by atoms with E-state index >= 15 is 0 Å². The normalized spacial score (nSPS) is 11.1. The van der Waals surface area contributed by atoms with Gasteiger partial charge < -0.3 is 5.11 Å². The molecule has 5 nitrogen and oxygen atoms in total. The molecule has 0 radical (unpaired) electrons. The monoisotopic (exact) mass is 305 g/mol. The van der Waals surface area contributed by atoms with Crippen LogP contribution in [0.5, 0.6) is 0 Å². The van der Waals surface area contributed by atoms with Crippen LogP contribution in [0.1, 0.15) is 6.55 Å². The largest absolute Gasteiger partial charge is 0.465 e. The van der Waals surface area contributed by atoms with Gasteiger partial charge in [0.05, 0.1) is 11.0 Å². The molecule has 2 N–H and O–H groups in total. The van der Waals surface area contributed by atoms with Gasteiger partial charge in [-0.25, -0.2) is 9.78 Å². The van der Waals surface area contributed by atoms with Crippen molar-refractivity contribution in [1.82, 2.24) is 9.55 Å². The second kappa shape index (κ2) is 4.28. The van der Waals surface area contributed by atoms with Crippen molar-refractivity contribution in [2.45, 2.75) is 6.55 Å². The van der Waals surface area contributed by atoms with Crippen LogP contribution in [-0.4, -0.2) is 20.8 Å². The molecular weight excluding hydrogens is 300 g/mol. The number of hydrogen-bond acceptors (Lipinski definition) is 2. The number of aromatic nitrogens is 2. The van der Waals surface area contributed by atoms with E-state index in [1.54, 1.807) is 12.1 Å². The molecule has 0 unspecified atom stereocenters. The van der Waals surface area contributed by atoms with Crippen LogP contribution < -0.4 is 5.32 Å². The van der Waals surface area contributed by atoms with E-state index < -0.39 is 18.6 Å². The molecular formula is C9H6BrF2N3O2. The van der Waals surface area contributed by atoms with Gasteiger partial charge in [-0.3, -0.25) is 9.88 Å². The molecule has 0 fully saturated rings. The molecule has 0 aliphatic rings. The van der Waals surface area contributed by atoms with Crippen LogP contribution >= 0.6 is 15.9 Å². The van der Waals surface area contributed by atoms with E-state index in [1.165, 1.54) is 6.07 Å². The van der Waals surface area contributed by atoms with E-state index in [4.69, 9.17) is 5.11 Å². The number of imidazole rings is 1. The summed E-state index contributed by atoms with van der Waals surface area (Å²) in [5.74, 6) is -0.408. The Balaban J connectivity index is 2.71. The van der Waals surface area contributed by atoms with Gasteiger partial charge in [-0.2, -0.15) is 8.78 Å². The van der Waals surface area contributed by atoms with Crippen LogP contribution in [-0.2, 0) is 0 Å². The molecule has 0 spiro atoms. The highest BCUT2D eigenvalue weighted by atomic mass is 79.9. The van der Waals surface area contributed by atoms with Gasteiger partial charge in [-0.05, 0) is 28.1 Å². The van der Waals surface area contributed by atoms with Crippen LogP contribution in [0, 0.1) is 0 Å². The Bertz CT molecular complexity index is 585. The third-order valence-electron chi connectivity index (χ3n) is 2.07. The maximum atomic E-state index is 12.9. The first kappa shape index (κ1) is 11.8. The summed E-state index contributed by atoms with van der Waals surface area (Å²) >= 11 is 3.13. The first-order chi connectivity index (χ1) is 8.00. The standard InChI is InChI=1S/C9H6BrF2N3O2/c10-4-2-1-3-5-6(4)15(7(11)12)8(13-5)14-9(16)17/h1-3,7H,(H,13,14)(H,16,17). The van der Waals surface area contributed by atoms with E-state index in [0.717, 1.165) is 0 Å². The molecule has 1 aromatic carbocycles. The van der Waals surface area contributed by atoms with Gasteiger partial charge in [-0.15, -0.1) is 0 Å². The van der Waals surface area contributed by atoms with Crippen molar-refractivity contribution in [2.75, 3.05) is 5.32 Å². The van der Waals surface area contributed by atoms with Crippen molar-refractivity contribution in [1.29, 1.82) is 0 Å². The first-order valence-corrected chi connectivity index (χ1v) is 5.24. The molecule has 1 amide bonds. The predicted octanol–water partition coefficient (Wildman–Crippen LogP) is 3.28. The fourth-order valence-corrected chi connectivity index (χ4v) is 2.03. The van der Waals surface area contributed by atoms with Crippen molar-refractivity contribution < 1.29 is 18.7 Å². The molecule has 0 aliphatic carbocycles. The number of carbonyl (C=O) groups is 1. The van der Waals surface area contributed by atoms with Crippen LogP contribution in [0.15, 0.2) is 22.7 Å². The fraction of sp³-hybridized carbons (Fsp3) is 0.111. The number of para-hydroxylation sites is 1. The zero-order valence-electron chi connectivity index (χ0n) is 8.19. The molecule has 8 heteroatoms. The SMILES string of the molecule is O=C(O)Nc1nc2cccc(Br)c2n1C(F)F. The summed E-state index contributed by atoms with van der Waals surface area (Å²) in [7, 11) is 0. The third-order valence-corrected chi connectivity index (χ3v) is 2.71. The molecule has 0 saturated heterocycles. The Morgan fingerprint density at radius 2 is 2.24 bits per heavy atom. The number of benzene rings is 1. The average Bonchev–Trinajstić information content (AvgIpc) is 2.56. The van der Waals surface area contributed by atoms with Crippen molar-refractivity contribution in [3.05, 3.63) is 22.7 Å².